The van der Waals surface area contributed by atoms with Crippen LogP contribution in [0.4, 0.5) is 5.69 Å². The van der Waals surface area contributed by atoms with Crippen LogP contribution in [0.25, 0.3) is 0 Å². The molecule has 0 aliphatic carbocycles. The maximum Gasteiger partial charge on any atom is 2.00 e. The van der Waals surface area contributed by atoms with Crippen LogP contribution in [-0.2, 0) is 17.1 Å². The molecule has 3 N–H and O–H groups in total. The molecule has 0 amide bonds. The van der Waals surface area contributed by atoms with Gasteiger partial charge in [0.05, 0.1) is 5.69 Å². The van der Waals surface area contributed by atoms with Crippen LogP contribution < -0.4 is 5.73 Å². The van der Waals surface area contributed by atoms with Crippen molar-refractivity contribution in [1.82, 2.24) is 0 Å². The second-order valence-electron chi connectivity index (χ2n) is 2.01. The van der Waals surface area contributed by atoms with Crippen molar-refractivity contribution in [2.45, 2.75) is 4.90 Å². The molecule has 1 aromatic rings. The molecule has 0 saturated heterocycles. The molecule has 0 atom stereocenters. The molecule has 0 unspecified atom stereocenters. The van der Waals surface area contributed by atoms with Crippen molar-refractivity contribution >= 4 is 17.4 Å². The monoisotopic (exact) mass is 223 g/mol. The van der Waals surface area contributed by atoms with E-state index in [4.69, 9.17) is 10.8 Å². The quantitative estimate of drug-likeness (QED) is 0.265. The van der Waals surface area contributed by atoms with Crippen LogP contribution in [0.15, 0.2) is 23.1 Å². The van der Waals surface area contributed by atoms with Gasteiger partial charge in [0.25, 0.3) is 0 Å². The van der Waals surface area contributed by atoms with E-state index in [2.05, 4.69) is 6.92 Å². The first-order valence-corrected chi connectivity index (χ1v) is 3.98. The molecule has 0 fully saturated rings. The van der Waals surface area contributed by atoms with Crippen molar-refractivity contribution in [2.75, 3.05) is 5.73 Å². The summed E-state index contributed by atoms with van der Waals surface area (Å²) in [6.07, 6.45) is 0. The van der Waals surface area contributed by atoms with E-state index in [0.717, 1.165) is 4.90 Å². The minimum absolute atomic E-state index is 0. The van der Waals surface area contributed by atoms with E-state index in [1.807, 2.05) is 0 Å². The molecule has 0 bridgehead atoms. The SMILES string of the molecule is [CH2-][CH-]Sc1ccc(O)c(N)c1.[Fe+2]. The number of phenols is 1. The average Bonchev–Trinajstić information content (AvgIpc) is 1.98. The maximum atomic E-state index is 9.05. The first-order valence-electron chi connectivity index (χ1n) is 3.10. The third-order valence-corrected chi connectivity index (χ3v) is 1.91. The van der Waals surface area contributed by atoms with Gasteiger partial charge in [-0.2, -0.15) is 0 Å². The van der Waals surface area contributed by atoms with Crippen LogP contribution in [0.5, 0.6) is 5.75 Å². The number of hydrogen-bond acceptors (Lipinski definition) is 3. The molecular formula is C8H9FeNOS. The number of benzene rings is 1. The standard InChI is InChI=1S/C8H9NOS.Fe/c1-2-11-6-3-4-8(10)7(9)5-6;/h2-5,10H,1,9H2;/q-2;+2. The van der Waals surface area contributed by atoms with Gasteiger partial charge in [-0.1, -0.05) is 0 Å². The van der Waals surface area contributed by atoms with Crippen LogP contribution in [0.1, 0.15) is 0 Å². The molecule has 4 heteroatoms. The first kappa shape index (κ1) is 11.7. The zero-order valence-corrected chi connectivity index (χ0v) is 8.22. The molecule has 66 valence electrons. The minimum Gasteiger partial charge on any atom is -0.506 e. The largest absolute Gasteiger partial charge is 2.00 e. The third-order valence-electron chi connectivity index (χ3n) is 1.22. The summed E-state index contributed by atoms with van der Waals surface area (Å²) in [7, 11) is 0. The van der Waals surface area contributed by atoms with Gasteiger partial charge in [0.1, 0.15) is 5.75 Å². The molecule has 0 aromatic heterocycles. The van der Waals surface area contributed by atoms with Crippen molar-refractivity contribution in [2.24, 2.45) is 0 Å². The normalized spacial score (nSPS) is 9.08. The number of phenolic OH excluding ortho intramolecular Hbond substituents is 1. The molecule has 12 heavy (non-hydrogen) atoms. The van der Waals surface area contributed by atoms with Crippen LogP contribution >= 0.6 is 11.8 Å². The summed E-state index contributed by atoms with van der Waals surface area (Å²) in [5.41, 5.74) is 5.85. The average molecular weight is 223 g/mol. The van der Waals surface area contributed by atoms with Crippen molar-refractivity contribution in [1.29, 1.82) is 0 Å². The molecule has 0 saturated carbocycles. The van der Waals surface area contributed by atoms with E-state index < -0.39 is 0 Å². The molecule has 0 radical (unpaired) electrons. The Bertz CT molecular complexity index is 255. The Balaban J connectivity index is 0.00000121. The number of anilines is 1. The van der Waals surface area contributed by atoms with Gasteiger partial charge in [0, 0.05) is 0 Å². The summed E-state index contributed by atoms with van der Waals surface area (Å²) < 4.78 is 0. The van der Waals surface area contributed by atoms with Gasteiger partial charge in [-0.25, -0.2) is 0 Å². The minimum atomic E-state index is 0. The van der Waals surface area contributed by atoms with Gasteiger partial charge in [0.2, 0.25) is 0 Å². The maximum absolute atomic E-state index is 9.05. The second-order valence-corrected chi connectivity index (χ2v) is 3.05. The Hall–Kier alpha value is -0.311. The molecule has 1 aromatic carbocycles. The Kier molecular flexibility index (Phi) is 5.22. The number of thioether (sulfide) groups is 1. The Morgan fingerprint density at radius 3 is 2.67 bits per heavy atom. The molecule has 0 aliphatic rings. The van der Waals surface area contributed by atoms with Crippen molar-refractivity contribution in [3.8, 4) is 5.75 Å². The van der Waals surface area contributed by atoms with E-state index in [1.54, 1.807) is 24.0 Å². The van der Waals surface area contributed by atoms with Gasteiger partial charge in [0.15, 0.2) is 0 Å². The van der Waals surface area contributed by atoms with Gasteiger partial charge in [-0.3, -0.25) is 0 Å². The molecule has 0 spiro atoms. The van der Waals surface area contributed by atoms with E-state index in [-0.39, 0.29) is 22.8 Å². The molecule has 2 nitrogen and oxygen atoms in total. The number of hydrogen-bond donors (Lipinski definition) is 2. The van der Waals surface area contributed by atoms with E-state index in [9.17, 15) is 0 Å². The fourth-order valence-corrected chi connectivity index (χ4v) is 1.24. The molecule has 0 aliphatic heterocycles. The smallest absolute Gasteiger partial charge is 0.506 e. The van der Waals surface area contributed by atoms with Gasteiger partial charge in [-0.05, 0) is 23.1 Å². The Morgan fingerprint density at radius 1 is 1.50 bits per heavy atom. The summed E-state index contributed by atoms with van der Waals surface area (Å²) >= 11 is 1.47. The predicted molar refractivity (Wildman–Crippen MR) is 48.0 cm³/mol. The predicted octanol–water partition coefficient (Wildman–Crippen LogP) is 2.06. The van der Waals surface area contributed by atoms with E-state index in [0.29, 0.717) is 5.69 Å². The van der Waals surface area contributed by atoms with Crippen molar-refractivity contribution in [3.63, 3.8) is 0 Å². The fourth-order valence-electron chi connectivity index (χ4n) is 0.702. The number of rotatable bonds is 2. The molecule has 1 rings (SSSR count). The van der Waals surface area contributed by atoms with Crippen LogP contribution in [0, 0.1) is 12.7 Å². The topological polar surface area (TPSA) is 46.2 Å². The number of nitrogen functional groups attached to an aromatic ring is 1. The summed E-state index contributed by atoms with van der Waals surface area (Å²) in [6, 6.07) is 5.07. The molecular weight excluding hydrogens is 214 g/mol. The summed E-state index contributed by atoms with van der Waals surface area (Å²) in [5, 5.41) is 9.05. The number of aromatic hydroxyl groups is 1. The van der Waals surface area contributed by atoms with Crippen LogP contribution in [-0.4, -0.2) is 5.11 Å². The third kappa shape index (κ3) is 2.97. The van der Waals surface area contributed by atoms with Gasteiger partial charge < -0.3 is 35.3 Å². The van der Waals surface area contributed by atoms with Crippen LogP contribution in [0.2, 0.25) is 0 Å². The van der Waals surface area contributed by atoms with Crippen molar-refractivity contribution < 1.29 is 22.2 Å². The van der Waals surface area contributed by atoms with Gasteiger partial charge in [-0.15, -0.1) is 0 Å². The second kappa shape index (κ2) is 5.36. The van der Waals surface area contributed by atoms with Gasteiger partial charge >= 0.3 is 17.1 Å². The zero-order valence-electron chi connectivity index (χ0n) is 6.30. The summed E-state index contributed by atoms with van der Waals surface area (Å²) in [4.78, 5) is 0.982. The fraction of sp³-hybridized carbons (Fsp3) is 0. The Labute approximate surface area is 87.0 Å². The van der Waals surface area contributed by atoms with Crippen LogP contribution in [0.3, 0.4) is 0 Å². The zero-order chi connectivity index (χ0) is 8.27. The molecule has 0 heterocycles. The van der Waals surface area contributed by atoms with Crippen molar-refractivity contribution in [3.05, 3.63) is 30.9 Å². The first-order chi connectivity index (χ1) is 5.24. The Morgan fingerprint density at radius 2 is 2.17 bits per heavy atom. The van der Waals surface area contributed by atoms with E-state index in [1.165, 1.54) is 11.8 Å². The number of nitrogens with two attached hydrogens (primary N) is 1. The van der Waals surface area contributed by atoms with E-state index >= 15 is 0 Å². The summed E-state index contributed by atoms with van der Waals surface area (Å²) in [6.45, 7) is 3.57. The summed E-state index contributed by atoms with van der Waals surface area (Å²) in [5.74, 6) is 1.84.